The summed E-state index contributed by atoms with van der Waals surface area (Å²) in [4.78, 5) is 44.0. The van der Waals surface area contributed by atoms with E-state index in [9.17, 15) is 18.9 Å². The molecule has 0 bridgehead atoms. The van der Waals surface area contributed by atoms with Crippen molar-refractivity contribution in [2.24, 2.45) is 11.8 Å². The van der Waals surface area contributed by atoms with Crippen LogP contribution in [0.2, 0.25) is 0 Å². The Bertz CT molecular complexity index is 1340. The Kier molecular flexibility index (Phi) is 14.0. The molecule has 2 N–H and O–H groups in total. The van der Waals surface area contributed by atoms with Crippen molar-refractivity contribution in [2.45, 2.75) is 101 Å². The third-order valence-corrected chi connectivity index (χ3v) is 10.9. The number of nitrogens with zero attached hydrogens (tertiary/aromatic N) is 1. The Morgan fingerprint density at radius 1 is 0.894 bits per heavy atom. The highest BCUT2D eigenvalue weighted by molar-refractivity contribution is 7.98. The zero-order valence-electron chi connectivity index (χ0n) is 28.9. The molecule has 3 amide bonds. The van der Waals surface area contributed by atoms with Gasteiger partial charge in [0, 0.05) is 16.3 Å². The predicted octanol–water partition coefficient (Wildman–Crippen LogP) is 7.81. The predicted molar refractivity (Wildman–Crippen MR) is 189 cm³/mol. The molecule has 1 fully saturated rings. The molecule has 1 heterocycles. The van der Waals surface area contributed by atoms with Crippen LogP contribution in [0.3, 0.4) is 0 Å². The standard InChI is InChI=1S/C34H50N3O7PS2/c1-22(2)21-29(45(41,43-24-12-16-26(46-8)17-13-24)44-25-14-18-27(47-9)19-15-25)35-31(38)28-11-10-20-37(28)32(39)30(23(3)4)36-33(40)42-34(5,6)7/h12-19,22-23,28-30H,10-11,20-21H2,1-9H3,(H,35,38)(H,36,40)/t28-,29?,30-/m0/s1. The van der Waals surface area contributed by atoms with Gasteiger partial charge in [0.1, 0.15) is 29.2 Å². The lowest BCUT2D eigenvalue weighted by molar-refractivity contribution is -0.141. The normalized spacial score (nSPS) is 16.5. The third-order valence-electron chi connectivity index (χ3n) is 7.41. The van der Waals surface area contributed by atoms with E-state index >= 15 is 0 Å². The molecular formula is C34H50N3O7PS2. The number of carbonyl (C=O) groups excluding carboxylic acids is 3. The van der Waals surface area contributed by atoms with Crippen molar-refractivity contribution < 1.29 is 32.7 Å². The Labute approximate surface area is 288 Å². The van der Waals surface area contributed by atoms with E-state index in [1.165, 1.54) is 4.90 Å². The van der Waals surface area contributed by atoms with Gasteiger partial charge in [0.05, 0.1) is 0 Å². The topological polar surface area (TPSA) is 123 Å². The molecule has 2 aromatic rings. The van der Waals surface area contributed by atoms with Gasteiger partial charge in [-0.1, -0.05) is 27.7 Å². The average Bonchev–Trinajstić information content (AvgIpc) is 3.49. The number of likely N-dealkylation sites (tertiary alicyclic amines) is 1. The molecule has 0 spiro atoms. The number of carbonyl (C=O) groups is 3. The van der Waals surface area contributed by atoms with E-state index in [4.69, 9.17) is 13.8 Å². The fourth-order valence-electron chi connectivity index (χ4n) is 5.12. The molecule has 0 aliphatic carbocycles. The van der Waals surface area contributed by atoms with Crippen molar-refractivity contribution in [1.29, 1.82) is 0 Å². The Hall–Kier alpha value is -2.82. The molecule has 1 saturated heterocycles. The summed E-state index contributed by atoms with van der Waals surface area (Å²) >= 11 is 3.15. The van der Waals surface area contributed by atoms with Crippen LogP contribution in [-0.2, 0) is 18.9 Å². The summed E-state index contributed by atoms with van der Waals surface area (Å²) in [6.07, 6.45) is 4.54. The van der Waals surface area contributed by atoms with Crippen LogP contribution in [0.5, 0.6) is 11.5 Å². The lowest BCUT2D eigenvalue weighted by Gasteiger charge is -2.33. The summed E-state index contributed by atoms with van der Waals surface area (Å²) in [6.45, 7) is 13.2. The van der Waals surface area contributed by atoms with Gasteiger partial charge in [-0.15, -0.1) is 23.5 Å². The quantitative estimate of drug-likeness (QED) is 0.150. The van der Waals surface area contributed by atoms with Crippen molar-refractivity contribution in [3.05, 3.63) is 48.5 Å². The second kappa shape index (κ2) is 17.0. The number of ether oxygens (including phenoxy) is 1. The maximum absolute atomic E-state index is 14.9. The van der Waals surface area contributed by atoms with Crippen LogP contribution < -0.4 is 19.7 Å². The SMILES string of the molecule is CSc1ccc(OP(=O)(Oc2ccc(SC)cc2)C(CC(C)C)NC(=O)[C@@H]2CCCN2C(=O)[C@@H](NC(=O)OC(C)(C)C)C(C)C)cc1. The molecule has 10 nitrogen and oxygen atoms in total. The van der Waals surface area contributed by atoms with Gasteiger partial charge in [-0.2, -0.15) is 0 Å². The van der Waals surface area contributed by atoms with E-state index < -0.39 is 43.1 Å². The first-order valence-corrected chi connectivity index (χ1v) is 20.0. The molecule has 0 radical (unpaired) electrons. The zero-order chi connectivity index (χ0) is 34.9. The molecule has 13 heteroatoms. The number of hydrogen-bond acceptors (Lipinski definition) is 9. The lowest BCUT2D eigenvalue weighted by atomic mass is 10.0. The molecule has 0 saturated carbocycles. The number of rotatable bonds is 14. The van der Waals surface area contributed by atoms with Crippen LogP contribution >= 0.6 is 31.1 Å². The highest BCUT2D eigenvalue weighted by Crippen LogP contribution is 2.54. The zero-order valence-corrected chi connectivity index (χ0v) is 31.4. The van der Waals surface area contributed by atoms with Crippen molar-refractivity contribution in [3.8, 4) is 11.5 Å². The minimum absolute atomic E-state index is 0.0169. The summed E-state index contributed by atoms with van der Waals surface area (Å²) in [5.41, 5.74) is -0.734. The first kappa shape index (κ1) is 38.6. The second-order valence-electron chi connectivity index (χ2n) is 13.3. The van der Waals surface area contributed by atoms with Gasteiger partial charge in [-0.3, -0.25) is 9.59 Å². The molecule has 2 aromatic carbocycles. The number of hydrogen-bond donors (Lipinski definition) is 2. The lowest BCUT2D eigenvalue weighted by Crippen LogP contribution is -2.56. The molecule has 260 valence electrons. The highest BCUT2D eigenvalue weighted by atomic mass is 32.2. The average molecular weight is 708 g/mol. The van der Waals surface area contributed by atoms with Crippen LogP contribution in [0.4, 0.5) is 4.79 Å². The molecule has 1 aliphatic heterocycles. The van der Waals surface area contributed by atoms with Gasteiger partial charge in [0.25, 0.3) is 0 Å². The molecular weight excluding hydrogens is 657 g/mol. The number of nitrogens with one attached hydrogen (secondary N) is 2. The van der Waals surface area contributed by atoms with Crippen LogP contribution in [0.25, 0.3) is 0 Å². The van der Waals surface area contributed by atoms with E-state index in [1.807, 2.05) is 64.5 Å². The Balaban J connectivity index is 1.91. The van der Waals surface area contributed by atoms with E-state index in [2.05, 4.69) is 10.6 Å². The molecule has 3 rings (SSSR count). The van der Waals surface area contributed by atoms with Crippen LogP contribution in [0.1, 0.15) is 67.7 Å². The summed E-state index contributed by atoms with van der Waals surface area (Å²) < 4.78 is 32.6. The van der Waals surface area contributed by atoms with Crippen molar-refractivity contribution >= 4 is 49.0 Å². The first-order chi connectivity index (χ1) is 22.0. The van der Waals surface area contributed by atoms with Gasteiger partial charge in [0.2, 0.25) is 11.8 Å². The van der Waals surface area contributed by atoms with Gasteiger partial charge in [-0.05, 0) is 113 Å². The molecule has 47 heavy (non-hydrogen) atoms. The molecule has 1 aliphatic rings. The van der Waals surface area contributed by atoms with Crippen molar-refractivity contribution in [1.82, 2.24) is 15.5 Å². The summed E-state index contributed by atoms with van der Waals surface area (Å²) in [6, 6.07) is 12.7. The molecule has 1 unspecified atom stereocenters. The van der Waals surface area contributed by atoms with E-state index in [0.29, 0.717) is 37.3 Å². The summed E-state index contributed by atoms with van der Waals surface area (Å²) in [5, 5.41) is 5.67. The van der Waals surface area contributed by atoms with Crippen LogP contribution in [-0.4, -0.2) is 65.3 Å². The van der Waals surface area contributed by atoms with Crippen LogP contribution in [0.15, 0.2) is 58.3 Å². The number of thioether (sulfide) groups is 2. The highest BCUT2D eigenvalue weighted by Gasteiger charge is 2.45. The molecule has 3 atom stereocenters. The third kappa shape index (κ3) is 11.4. The maximum Gasteiger partial charge on any atom is 0.452 e. The number of benzene rings is 2. The summed E-state index contributed by atoms with van der Waals surface area (Å²) in [5.74, 6) is -1.39. The van der Waals surface area contributed by atoms with Gasteiger partial charge in [-0.25, -0.2) is 9.36 Å². The van der Waals surface area contributed by atoms with Crippen molar-refractivity contribution in [3.63, 3.8) is 0 Å². The maximum atomic E-state index is 14.9. The van der Waals surface area contributed by atoms with Crippen LogP contribution in [0, 0.1) is 11.8 Å². The van der Waals surface area contributed by atoms with Gasteiger partial charge in [0.15, 0.2) is 5.78 Å². The summed E-state index contributed by atoms with van der Waals surface area (Å²) in [7, 11) is -4.11. The van der Waals surface area contributed by atoms with Gasteiger partial charge < -0.3 is 29.3 Å². The minimum Gasteiger partial charge on any atom is -0.444 e. The van der Waals surface area contributed by atoms with E-state index in [-0.39, 0.29) is 17.7 Å². The van der Waals surface area contributed by atoms with Crippen molar-refractivity contribution in [2.75, 3.05) is 19.1 Å². The minimum atomic E-state index is -4.11. The van der Waals surface area contributed by atoms with Gasteiger partial charge >= 0.3 is 13.7 Å². The monoisotopic (exact) mass is 707 g/mol. The first-order valence-electron chi connectivity index (χ1n) is 15.9. The Morgan fingerprint density at radius 2 is 1.40 bits per heavy atom. The fourth-order valence-corrected chi connectivity index (χ4v) is 8.02. The van der Waals surface area contributed by atoms with E-state index in [1.54, 1.807) is 68.6 Å². The second-order valence-corrected chi connectivity index (χ2v) is 17.1. The molecule has 0 aromatic heterocycles. The number of alkyl carbamates (subject to hydrolysis) is 1. The Morgan fingerprint density at radius 3 is 1.83 bits per heavy atom. The van der Waals surface area contributed by atoms with E-state index in [0.717, 1.165) is 9.79 Å². The smallest absolute Gasteiger partial charge is 0.444 e. The number of amides is 3. The largest absolute Gasteiger partial charge is 0.452 e. The fraction of sp³-hybridized carbons (Fsp3) is 0.559.